The second-order valence-corrected chi connectivity index (χ2v) is 9.27. The second-order valence-electron chi connectivity index (χ2n) is 9.27. The average Bonchev–Trinajstić information content (AvgIpc) is 3.18. The van der Waals surface area contributed by atoms with Crippen molar-refractivity contribution >= 4 is 11.7 Å². The Morgan fingerprint density at radius 3 is 2.56 bits per heavy atom. The van der Waals surface area contributed by atoms with Gasteiger partial charge < -0.3 is 19.9 Å². The Labute approximate surface area is 191 Å². The maximum absolute atomic E-state index is 13.5. The minimum absolute atomic E-state index is 0.0156. The number of benzene rings is 1. The summed E-state index contributed by atoms with van der Waals surface area (Å²) in [6.45, 7) is 12.6. The highest BCUT2D eigenvalue weighted by molar-refractivity contribution is 5.79. The fraction of sp³-hybridized carbons (Fsp3) is 0.560. The van der Waals surface area contributed by atoms with Crippen LogP contribution in [0.3, 0.4) is 0 Å². The largest absolute Gasteiger partial charge is 0.367 e. The summed E-state index contributed by atoms with van der Waals surface area (Å²) in [7, 11) is 0. The standard InChI is InChI=1S/C25H35N5O2/c1-17(2)26-14-21(13-20-7-5-18(3)6-8-20)25(31)30-11-9-29(10-12-30)24-23-19(4)32-15-22(23)27-16-28-24/h5-8,16-17,19,21,26H,9-15H2,1-4H3/t19-,21?/m0/s1. The molecule has 0 radical (unpaired) electrons. The molecule has 1 unspecified atom stereocenters. The molecule has 2 aliphatic heterocycles. The summed E-state index contributed by atoms with van der Waals surface area (Å²) in [5.41, 5.74) is 4.54. The van der Waals surface area contributed by atoms with E-state index in [9.17, 15) is 4.79 Å². The molecule has 7 nitrogen and oxygen atoms in total. The maximum atomic E-state index is 13.5. The number of rotatable bonds is 7. The zero-order valence-corrected chi connectivity index (χ0v) is 19.7. The number of hydrogen-bond acceptors (Lipinski definition) is 6. The van der Waals surface area contributed by atoms with Gasteiger partial charge in [-0.3, -0.25) is 4.79 Å². The molecule has 0 bridgehead atoms. The van der Waals surface area contributed by atoms with Crippen molar-refractivity contribution in [2.24, 2.45) is 5.92 Å². The van der Waals surface area contributed by atoms with E-state index < -0.39 is 0 Å². The fourth-order valence-corrected chi connectivity index (χ4v) is 4.52. The number of nitrogens with zero attached hydrogens (tertiary/aromatic N) is 4. The van der Waals surface area contributed by atoms with Crippen LogP contribution >= 0.6 is 0 Å². The molecule has 2 aromatic rings. The second kappa shape index (κ2) is 9.96. The third-order valence-electron chi connectivity index (χ3n) is 6.44. The predicted octanol–water partition coefficient (Wildman–Crippen LogP) is 2.88. The van der Waals surface area contributed by atoms with Gasteiger partial charge in [0.2, 0.25) is 5.91 Å². The molecular formula is C25H35N5O2. The molecule has 1 N–H and O–H groups in total. The van der Waals surface area contributed by atoms with E-state index in [1.54, 1.807) is 6.33 Å². The van der Waals surface area contributed by atoms with Gasteiger partial charge in [-0.25, -0.2) is 9.97 Å². The minimum atomic E-state index is -0.0663. The number of hydrogen-bond donors (Lipinski definition) is 1. The molecule has 3 heterocycles. The Balaban J connectivity index is 1.42. The van der Waals surface area contributed by atoms with Crippen LogP contribution in [0.1, 0.15) is 49.3 Å². The number of nitrogens with one attached hydrogen (secondary N) is 1. The van der Waals surface area contributed by atoms with Crippen molar-refractivity contribution in [3.63, 3.8) is 0 Å². The van der Waals surface area contributed by atoms with Crippen LogP contribution in [0.15, 0.2) is 30.6 Å². The van der Waals surface area contributed by atoms with Crippen LogP contribution in [0.4, 0.5) is 5.82 Å². The first kappa shape index (κ1) is 22.7. The van der Waals surface area contributed by atoms with Crippen LogP contribution in [0.25, 0.3) is 0 Å². The third-order valence-corrected chi connectivity index (χ3v) is 6.44. The molecule has 7 heteroatoms. The van der Waals surface area contributed by atoms with Crippen molar-refractivity contribution in [3.8, 4) is 0 Å². The third kappa shape index (κ3) is 5.10. The number of anilines is 1. The van der Waals surface area contributed by atoms with Crippen LogP contribution < -0.4 is 10.2 Å². The Morgan fingerprint density at radius 1 is 1.16 bits per heavy atom. The van der Waals surface area contributed by atoms with E-state index in [0.29, 0.717) is 32.3 Å². The van der Waals surface area contributed by atoms with Crippen LogP contribution in [0.2, 0.25) is 0 Å². The van der Waals surface area contributed by atoms with Crippen molar-refractivity contribution < 1.29 is 9.53 Å². The maximum Gasteiger partial charge on any atom is 0.227 e. The van der Waals surface area contributed by atoms with Crippen molar-refractivity contribution in [1.82, 2.24) is 20.2 Å². The van der Waals surface area contributed by atoms with Crippen LogP contribution in [0, 0.1) is 12.8 Å². The van der Waals surface area contributed by atoms with Gasteiger partial charge in [-0.1, -0.05) is 43.7 Å². The quantitative estimate of drug-likeness (QED) is 0.718. The lowest BCUT2D eigenvalue weighted by Crippen LogP contribution is -2.52. The Hall–Kier alpha value is -2.51. The monoisotopic (exact) mass is 437 g/mol. The van der Waals surface area contributed by atoms with Gasteiger partial charge >= 0.3 is 0 Å². The highest BCUT2D eigenvalue weighted by Gasteiger charge is 2.32. The summed E-state index contributed by atoms with van der Waals surface area (Å²) in [5.74, 6) is 1.14. The van der Waals surface area contributed by atoms with Crippen LogP contribution in [-0.2, 0) is 22.6 Å². The van der Waals surface area contributed by atoms with Gasteiger partial charge in [0.1, 0.15) is 12.1 Å². The molecule has 4 rings (SSSR count). The van der Waals surface area contributed by atoms with Gasteiger partial charge in [0, 0.05) is 44.3 Å². The van der Waals surface area contributed by atoms with Gasteiger partial charge in [0.15, 0.2) is 0 Å². The molecule has 1 saturated heterocycles. The number of carbonyl (C=O) groups is 1. The van der Waals surface area contributed by atoms with Crippen molar-refractivity contribution in [3.05, 3.63) is 53.0 Å². The Bertz CT molecular complexity index is 922. The number of amides is 1. The first-order valence-corrected chi connectivity index (χ1v) is 11.7. The SMILES string of the molecule is Cc1ccc(CC(CNC(C)C)C(=O)N2CCN(c3ncnc4c3[C@H](C)OC4)CC2)cc1. The lowest BCUT2D eigenvalue weighted by atomic mass is 9.96. The summed E-state index contributed by atoms with van der Waals surface area (Å²) >= 11 is 0. The molecule has 0 spiro atoms. The first-order valence-electron chi connectivity index (χ1n) is 11.7. The van der Waals surface area contributed by atoms with E-state index in [1.807, 2.05) is 4.90 Å². The molecule has 0 saturated carbocycles. The fourth-order valence-electron chi connectivity index (χ4n) is 4.52. The molecule has 172 valence electrons. The van der Waals surface area contributed by atoms with E-state index >= 15 is 0 Å². The highest BCUT2D eigenvalue weighted by Crippen LogP contribution is 2.35. The van der Waals surface area contributed by atoms with Gasteiger partial charge in [0.05, 0.1) is 24.3 Å². The molecular weight excluding hydrogens is 402 g/mol. The van der Waals surface area contributed by atoms with Crippen LogP contribution in [0.5, 0.6) is 0 Å². The number of fused-ring (bicyclic) bond motifs is 1. The van der Waals surface area contributed by atoms with Gasteiger partial charge in [-0.15, -0.1) is 0 Å². The molecule has 1 aromatic heterocycles. The molecule has 32 heavy (non-hydrogen) atoms. The zero-order valence-electron chi connectivity index (χ0n) is 19.7. The summed E-state index contributed by atoms with van der Waals surface area (Å²) < 4.78 is 5.75. The number of aromatic nitrogens is 2. The molecule has 1 amide bonds. The molecule has 1 fully saturated rings. The van der Waals surface area contributed by atoms with Gasteiger partial charge in [0.25, 0.3) is 0 Å². The van der Waals surface area contributed by atoms with Crippen molar-refractivity contribution in [2.45, 2.75) is 52.9 Å². The van der Waals surface area contributed by atoms with Crippen molar-refractivity contribution in [1.29, 1.82) is 0 Å². The van der Waals surface area contributed by atoms with E-state index in [4.69, 9.17) is 4.74 Å². The average molecular weight is 438 g/mol. The summed E-state index contributed by atoms with van der Waals surface area (Å²) in [6.07, 6.45) is 2.40. The van der Waals surface area contributed by atoms with Crippen molar-refractivity contribution in [2.75, 3.05) is 37.6 Å². The zero-order chi connectivity index (χ0) is 22.7. The number of piperazine rings is 1. The topological polar surface area (TPSA) is 70.6 Å². The number of aryl methyl sites for hydroxylation is 1. The first-order chi connectivity index (χ1) is 15.4. The van der Waals surface area contributed by atoms with Crippen LogP contribution in [-0.4, -0.2) is 59.5 Å². The summed E-state index contributed by atoms with van der Waals surface area (Å²) in [6, 6.07) is 8.88. The Morgan fingerprint density at radius 2 is 1.88 bits per heavy atom. The molecule has 0 aliphatic carbocycles. The number of ether oxygens (including phenoxy) is 1. The normalized spacial score (nSPS) is 19.3. The number of carbonyl (C=O) groups excluding carboxylic acids is 1. The predicted molar refractivity (Wildman–Crippen MR) is 126 cm³/mol. The highest BCUT2D eigenvalue weighted by atomic mass is 16.5. The summed E-state index contributed by atoms with van der Waals surface area (Å²) in [5, 5.41) is 3.48. The van der Waals surface area contributed by atoms with E-state index in [0.717, 1.165) is 36.6 Å². The lowest BCUT2D eigenvalue weighted by Gasteiger charge is -2.38. The van der Waals surface area contributed by atoms with E-state index in [2.05, 4.69) is 72.1 Å². The summed E-state index contributed by atoms with van der Waals surface area (Å²) in [4.78, 5) is 26.7. The lowest BCUT2D eigenvalue weighted by molar-refractivity contribution is -0.135. The minimum Gasteiger partial charge on any atom is -0.367 e. The molecule has 1 aromatic carbocycles. The van der Waals surface area contributed by atoms with Gasteiger partial charge in [-0.2, -0.15) is 0 Å². The molecule has 2 atom stereocenters. The Kier molecular flexibility index (Phi) is 7.06. The molecule has 2 aliphatic rings. The van der Waals surface area contributed by atoms with E-state index in [-0.39, 0.29) is 17.9 Å². The smallest absolute Gasteiger partial charge is 0.227 e. The van der Waals surface area contributed by atoms with Gasteiger partial charge in [-0.05, 0) is 25.8 Å². The van der Waals surface area contributed by atoms with E-state index in [1.165, 1.54) is 11.1 Å².